The van der Waals surface area contributed by atoms with Crippen LogP contribution in [-0.4, -0.2) is 27.5 Å². The molecule has 110 valence electrons. The highest BCUT2D eigenvalue weighted by Crippen LogP contribution is 2.34. The third-order valence-electron chi connectivity index (χ3n) is 3.25. The van der Waals surface area contributed by atoms with Gasteiger partial charge >= 0.3 is 5.69 Å². The smallest absolute Gasteiger partial charge is 0.348 e. The summed E-state index contributed by atoms with van der Waals surface area (Å²) < 4.78 is 5.50. The van der Waals surface area contributed by atoms with Crippen molar-refractivity contribution < 1.29 is 9.66 Å². The normalized spacial score (nSPS) is 19.9. The van der Waals surface area contributed by atoms with Crippen LogP contribution in [0, 0.1) is 10.1 Å². The van der Waals surface area contributed by atoms with Crippen LogP contribution in [0.25, 0.3) is 0 Å². The van der Waals surface area contributed by atoms with E-state index < -0.39 is 4.92 Å². The van der Waals surface area contributed by atoms with E-state index in [0.29, 0.717) is 12.4 Å². The first-order valence-electron chi connectivity index (χ1n) is 6.62. The maximum absolute atomic E-state index is 11.1. The Morgan fingerprint density at radius 3 is 2.90 bits per heavy atom. The fraction of sp³-hybridized carbons (Fsp3) is 0.667. The second-order valence-corrected chi connectivity index (χ2v) is 5.14. The van der Waals surface area contributed by atoms with Crippen molar-refractivity contribution in [3.05, 3.63) is 21.1 Å². The monoisotopic (exact) mass is 300 g/mol. The first-order chi connectivity index (χ1) is 9.52. The molecule has 8 heteroatoms. The molecule has 0 saturated carbocycles. The summed E-state index contributed by atoms with van der Waals surface area (Å²) >= 11 is 5.95. The molecule has 2 unspecified atom stereocenters. The van der Waals surface area contributed by atoms with Crippen LogP contribution in [0.5, 0.6) is 0 Å². The molecule has 1 aliphatic heterocycles. The van der Waals surface area contributed by atoms with Gasteiger partial charge in [-0.2, -0.15) is 0 Å². The summed E-state index contributed by atoms with van der Waals surface area (Å²) in [7, 11) is 0. The quantitative estimate of drug-likeness (QED) is 0.510. The van der Waals surface area contributed by atoms with E-state index in [1.807, 2.05) is 13.8 Å². The van der Waals surface area contributed by atoms with Gasteiger partial charge in [0.15, 0.2) is 5.82 Å². The molecule has 0 radical (unpaired) electrons. The lowest BCUT2D eigenvalue weighted by Crippen LogP contribution is -2.18. The van der Waals surface area contributed by atoms with Crippen LogP contribution in [-0.2, 0) is 4.74 Å². The summed E-state index contributed by atoms with van der Waals surface area (Å²) in [6, 6.07) is 0.0528. The van der Waals surface area contributed by atoms with E-state index in [2.05, 4.69) is 15.3 Å². The zero-order valence-electron chi connectivity index (χ0n) is 11.4. The van der Waals surface area contributed by atoms with E-state index in [4.69, 9.17) is 16.3 Å². The average Bonchev–Trinajstić information content (AvgIpc) is 2.91. The highest BCUT2D eigenvalue weighted by Gasteiger charge is 2.28. The van der Waals surface area contributed by atoms with Gasteiger partial charge in [0.05, 0.1) is 4.92 Å². The van der Waals surface area contributed by atoms with Gasteiger partial charge in [-0.1, -0.05) is 18.5 Å². The summed E-state index contributed by atoms with van der Waals surface area (Å²) in [5.41, 5.74) is -0.284. The number of aromatic nitrogens is 2. The topological polar surface area (TPSA) is 90.2 Å². The number of hydrogen-bond donors (Lipinski definition) is 1. The Morgan fingerprint density at radius 2 is 2.35 bits per heavy atom. The van der Waals surface area contributed by atoms with E-state index in [1.165, 1.54) is 0 Å². The predicted octanol–water partition coefficient (Wildman–Crippen LogP) is 3.10. The molecule has 1 aliphatic rings. The summed E-state index contributed by atoms with van der Waals surface area (Å²) in [6.45, 7) is 4.55. The van der Waals surface area contributed by atoms with Gasteiger partial charge in [0.2, 0.25) is 11.0 Å². The Morgan fingerprint density at radius 1 is 1.60 bits per heavy atom. The van der Waals surface area contributed by atoms with Gasteiger partial charge in [-0.15, -0.1) is 0 Å². The number of rotatable bonds is 5. The minimum absolute atomic E-state index is 0.0528. The largest absolute Gasteiger partial charge is 0.370 e. The average molecular weight is 301 g/mol. The Kier molecular flexibility index (Phi) is 4.72. The molecular formula is C12H17ClN4O3. The van der Waals surface area contributed by atoms with Crippen LogP contribution in [0.2, 0.25) is 5.15 Å². The Bertz CT molecular complexity index is 506. The lowest BCUT2D eigenvalue weighted by molar-refractivity contribution is -0.384. The fourth-order valence-corrected chi connectivity index (χ4v) is 2.21. The third kappa shape index (κ3) is 3.16. The minimum atomic E-state index is -0.563. The Labute approximate surface area is 121 Å². The van der Waals surface area contributed by atoms with Gasteiger partial charge in [-0.05, 0) is 26.2 Å². The lowest BCUT2D eigenvalue weighted by Gasteiger charge is -2.15. The second-order valence-electron chi connectivity index (χ2n) is 4.78. The summed E-state index contributed by atoms with van der Waals surface area (Å²) in [4.78, 5) is 18.8. The van der Waals surface area contributed by atoms with Crippen molar-refractivity contribution in [2.75, 3.05) is 11.9 Å². The van der Waals surface area contributed by atoms with Crippen LogP contribution in [0.1, 0.15) is 45.0 Å². The highest BCUT2D eigenvalue weighted by molar-refractivity contribution is 6.31. The fourth-order valence-electron chi connectivity index (χ4n) is 1.97. The highest BCUT2D eigenvalue weighted by atomic mass is 35.5. The Hall–Kier alpha value is -1.47. The van der Waals surface area contributed by atoms with Gasteiger partial charge < -0.3 is 10.1 Å². The van der Waals surface area contributed by atoms with Gasteiger partial charge in [-0.3, -0.25) is 10.1 Å². The molecule has 1 saturated heterocycles. The first-order valence-corrected chi connectivity index (χ1v) is 7.00. The predicted molar refractivity (Wildman–Crippen MR) is 75.0 cm³/mol. The van der Waals surface area contributed by atoms with Crippen molar-refractivity contribution in [1.29, 1.82) is 0 Å². The zero-order valence-corrected chi connectivity index (χ0v) is 12.2. The zero-order chi connectivity index (χ0) is 14.7. The maximum Gasteiger partial charge on any atom is 0.348 e. The standard InChI is InChI=1S/C12H17ClN4O3/c1-3-7(2)14-12-9(17(18)19)10(13)15-11(16-12)8-5-4-6-20-8/h7-8H,3-6H2,1-2H3,(H,14,15,16). The van der Waals surface area contributed by atoms with Crippen LogP contribution in [0.4, 0.5) is 11.5 Å². The molecule has 0 amide bonds. The molecule has 0 bridgehead atoms. The van der Waals surface area contributed by atoms with Crippen molar-refractivity contribution in [3.8, 4) is 0 Å². The van der Waals surface area contributed by atoms with Gasteiger partial charge in [0, 0.05) is 12.6 Å². The lowest BCUT2D eigenvalue weighted by atomic mass is 10.2. The number of anilines is 1. The van der Waals surface area contributed by atoms with Gasteiger partial charge in [-0.25, -0.2) is 9.97 Å². The van der Waals surface area contributed by atoms with Gasteiger partial charge in [0.25, 0.3) is 0 Å². The number of hydrogen-bond acceptors (Lipinski definition) is 6. The van der Waals surface area contributed by atoms with Crippen molar-refractivity contribution >= 4 is 23.1 Å². The van der Waals surface area contributed by atoms with Crippen LogP contribution < -0.4 is 5.32 Å². The number of nitro groups is 1. The van der Waals surface area contributed by atoms with Crippen molar-refractivity contribution in [2.24, 2.45) is 0 Å². The molecule has 2 rings (SSSR count). The van der Waals surface area contributed by atoms with E-state index in [0.717, 1.165) is 19.3 Å². The van der Waals surface area contributed by atoms with Crippen molar-refractivity contribution in [3.63, 3.8) is 0 Å². The number of halogens is 1. The maximum atomic E-state index is 11.1. The molecule has 1 N–H and O–H groups in total. The molecule has 2 heterocycles. The molecule has 0 spiro atoms. The number of nitrogens with zero attached hydrogens (tertiary/aromatic N) is 3. The van der Waals surface area contributed by atoms with E-state index >= 15 is 0 Å². The number of ether oxygens (including phenoxy) is 1. The van der Waals surface area contributed by atoms with E-state index in [-0.39, 0.29) is 28.8 Å². The minimum Gasteiger partial charge on any atom is -0.370 e. The third-order valence-corrected chi connectivity index (χ3v) is 3.52. The van der Waals surface area contributed by atoms with Gasteiger partial charge in [0.1, 0.15) is 6.10 Å². The van der Waals surface area contributed by atoms with E-state index in [9.17, 15) is 10.1 Å². The van der Waals surface area contributed by atoms with Crippen molar-refractivity contribution in [2.45, 2.75) is 45.3 Å². The molecule has 1 fully saturated rings. The Balaban J connectivity index is 2.40. The number of nitrogens with one attached hydrogen (secondary N) is 1. The SMILES string of the molecule is CCC(C)Nc1nc(C2CCCO2)nc(Cl)c1[N+](=O)[O-]. The second kappa shape index (κ2) is 6.32. The van der Waals surface area contributed by atoms with Crippen molar-refractivity contribution in [1.82, 2.24) is 9.97 Å². The molecule has 0 aliphatic carbocycles. The summed E-state index contributed by atoms with van der Waals surface area (Å²) in [6.07, 6.45) is 2.31. The first kappa shape index (κ1) is 14.9. The van der Waals surface area contributed by atoms with Crippen LogP contribution in [0.3, 0.4) is 0 Å². The van der Waals surface area contributed by atoms with E-state index in [1.54, 1.807) is 0 Å². The molecule has 0 aromatic carbocycles. The van der Waals surface area contributed by atoms with Crippen LogP contribution in [0.15, 0.2) is 0 Å². The molecule has 2 atom stereocenters. The summed E-state index contributed by atoms with van der Waals surface area (Å²) in [5.74, 6) is 0.568. The van der Waals surface area contributed by atoms with Crippen LogP contribution >= 0.6 is 11.6 Å². The molecule has 20 heavy (non-hydrogen) atoms. The molecular weight excluding hydrogens is 284 g/mol. The molecule has 1 aromatic heterocycles. The molecule has 7 nitrogen and oxygen atoms in total. The summed E-state index contributed by atoms with van der Waals surface area (Å²) in [5, 5.41) is 14.0. The molecule has 1 aromatic rings.